The fraction of sp³-hybridized carbons (Fsp3) is 0.375. The lowest BCUT2D eigenvalue weighted by atomic mass is 9.91. The number of halogens is 1. The van der Waals surface area contributed by atoms with Crippen LogP contribution in [0.3, 0.4) is 0 Å². The summed E-state index contributed by atoms with van der Waals surface area (Å²) >= 11 is 0. The van der Waals surface area contributed by atoms with Gasteiger partial charge < -0.3 is 14.7 Å². The van der Waals surface area contributed by atoms with E-state index in [1.54, 1.807) is 17.9 Å². The first-order chi connectivity index (χ1) is 10.6. The quantitative estimate of drug-likeness (QED) is 0.936. The van der Waals surface area contributed by atoms with Crippen molar-refractivity contribution >= 4 is 11.7 Å². The van der Waals surface area contributed by atoms with Crippen LogP contribution in [-0.4, -0.2) is 22.1 Å². The minimum Gasteiger partial charge on any atom is -0.362 e. The third-order valence-electron chi connectivity index (χ3n) is 4.01. The number of amides is 2. The molecule has 22 heavy (non-hydrogen) atoms. The lowest BCUT2D eigenvalue weighted by molar-refractivity contribution is 0.143. The molecular formula is C16H18FN3O2. The highest BCUT2D eigenvalue weighted by atomic mass is 19.1. The number of carbonyl (C=O) groups excluding carboxylic acids is 1. The number of benzene rings is 1. The van der Waals surface area contributed by atoms with E-state index < -0.39 is 0 Å². The van der Waals surface area contributed by atoms with E-state index in [0.717, 1.165) is 24.8 Å². The highest BCUT2D eigenvalue weighted by molar-refractivity contribution is 5.89. The molecule has 6 heteroatoms. The number of hydrogen-bond donors (Lipinski definition) is 1. The Morgan fingerprint density at radius 1 is 1.50 bits per heavy atom. The van der Waals surface area contributed by atoms with Gasteiger partial charge >= 0.3 is 6.03 Å². The third-order valence-corrected chi connectivity index (χ3v) is 4.01. The highest BCUT2D eigenvalue weighted by Gasteiger charge is 2.29. The monoisotopic (exact) mass is 303 g/mol. The van der Waals surface area contributed by atoms with Crippen LogP contribution in [0.2, 0.25) is 0 Å². The lowest BCUT2D eigenvalue weighted by Crippen LogP contribution is -2.45. The molecule has 0 radical (unpaired) electrons. The van der Waals surface area contributed by atoms with Crippen molar-refractivity contribution in [2.45, 2.75) is 38.8 Å². The van der Waals surface area contributed by atoms with Crippen molar-refractivity contribution < 1.29 is 13.7 Å². The summed E-state index contributed by atoms with van der Waals surface area (Å²) in [5.41, 5.74) is 1.98. The van der Waals surface area contributed by atoms with Gasteiger partial charge in [-0.25, -0.2) is 9.18 Å². The molecule has 1 N–H and O–H groups in total. The Kier molecular flexibility index (Phi) is 4.09. The van der Waals surface area contributed by atoms with Crippen LogP contribution in [0.15, 0.2) is 35.1 Å². The summed E-state index contributed by atoms with van der Waals surface area (Å²) in [5, 5.41) is 6.56. The third kappa shape index (κ3) is 3.10. The molecule has 3 rings (SSSR count). The van der Waals surface area contributed by atoms with Gasteiger partial charge in [0.15, 0.2) is 0 Å². The number of nitrogens with one attached hydrogen (secondary N) is 1. The molecule has 5 nitrogen and oxygen atoms in total. The van der Waals surface area contributed by atoms with Gasteiger partial charge in [-0.05, 0) is 43.9 Å². The van der Waals surface area contributed by atoms with Gasteiger partial charge in [0.25, 0.3) is 0 Å². The Balaban J connectivity index is 1.74. The van der Waals surface area contributed by atoms with Gasteiger partial charge in [-0.1, -0.05) is 17.3 Å². The molecule has 1 aliphatic rings. The van der Waals surface area contributed by atoms with Gasteiger partial charge in [0.1, 0.15) is 23.5 Å². The van der Waals surface area contributed by atoms with Crippen LogP contribution in [0.4, 0.5) is 14.9 Å². The van der Waals surface area contributed by atoms with E-state index in [9.17, 15) is 9.18 Å². The van der Waals surface area contributed by atoms with Crippen molar-refractivity contribution in [1.29, 1.82) is 0 Å². The standard InChI is InChI=1S/C16H18FN3O2/c1-11-15(10-22-19-11)18-16(21)20(14-6-3-7-14)9-12-4-2-5-13(17)8-12/h2,4-5,8,10,14H,3,6-7,9H2,1H3,(H,18,21). The maximum absolute atomic E-state index is 13.3. The molecule has 0 unspecified atom stereocenters. The van der Waals surface area contributed by atoms with Crippen molar-refractivity contribution in [2.24, 2.45) is 0 Å². The van der Waals surface area contributed by atoms with Gasteiger partial charge in [-0.3, -0.25) is 0 Å². The van der Waals surface area contributed by atoms with E-state index in [1.165, 1.54) is 18.4 Å². The average molecular weight is 303 g/mol. The predicted molar refractivity (Wildman–Crippen MR) is 79.8 cm³/mol. The van der Waals surface area contributed by atoms with Crippen LogP contribution >= 0.6 is 0 Å². The number of aromatic nitrogens is 1. The van der Waals surface area contributed by atoms with E-state index in [1.807, 2.05) is 6.07 Å². The topological polar surface area (TPSA) is 58.4 Å². The largest absolute Gasteiger partial charge is 0.362 e. The van der Waals surface area contributed by atoms with E-state index >= 15 is 0 Å². The maximum atomic E-state index is 13.3. The van der Waals surface area contributed by atoms with Gasteiger partial charge in [0.05, 0.1) is 0 Å². The minimum atomic E-state index is -0.290. The number of aryl methyl sites for hydroxylation is 1. The first-order valence-corrected chi connectivity index (χ1v) is 7.36. The molecule has 1 saturated carbocycles. The lowest BCUT2D eigenvalue weighted by Gasteiger charge is -2.37. The molecule has 0 spiro atoms. The minimum absolute atomic E-state index is 0.198. The summed E-state index contributed by atoms with van der Waals surface area (Å²) in [6, 6.07) is 6.34. The average Bonchev–Trinajstić information content (AvgIpc) is 2.81. The van der Waals surface area contributed by atoms with Crippen LogP contribution in [0, 0.1) is 12.7 Å². The molecule has 1 aromatic carbocycles. The van der Waals surface area contributed by atoms with Crippen molar-refractivity contribution in [3.8, 4) is 0 Å². The molecule has 1 fully saturated rings. The number of nitrogens with zero attached hydrogens (tertiary/aromatic N) is 2. The van der Waals surface area contributed by atoms with Gasteiger partial charge in [-0.2, -0.15) is 0 Å². The number of urea groups is 1. The Morgan fingerprint density at radius 2 is 2.32 bits per heavy atom. The number of rotatable bonds is 4. The molecule has 1 aliphatic carbocycles. The molecule has 0 aliphatic heterocycles. The number of anilines is 1. The van der Waals surface area contributed by atoms with Crippen LogP contribution < -0.4 is 5.32 Å². The number of carbonyl (C=O) groups is 1. The molecule has 0 saturated heterocycles. The molecule has 116 valence electrons. The molecule has 1 heterocycles. The summed E-state index contributed by atoms with van der Waals surface area (Å²) in [5.74, 6) is -0.290. The van der Waals surface area contributed by atoms with E-state index in [-0.39, 0.29) is 17.9 Å². The summed E-state index contributed by atoms with van der Waals surface area (Å²) in [6.45, 7) is 2.15. The molecule has 1 aromatic heterocycles. The van der Waals surface area contributed by atoms with Gasteiger partial charge in [0, 0.05) is 12.6 Å². The van der Waals surface area contributed by atoms with Crippen LogP contribution in [0.25, 0.3) is 0 Å². The Hall–Kier alpha value is -2.37. The zero-order valence-electron chi connectivity index (χ0n) is 12.4. The predicted octanol–water partition coefficient (Wildman–Crippen LogP) is 3.71. The Bertz CT molecular complexity index is 667. The summed E-state index contributed by atoms with van der Waals surface area (Å²) in [7, 11) is 0. The molecule has 2 aromatic rings. The smallest absolute Gasteiger partial charge is 0.322 e. The summed E-state index contributed by atoms with van der Waals surface area (Å²) in [4.78, 5) is 14.3. The van der Waals surface area contributed by atoms with E-state index in [2.05, 4.69) is 10.5 Å². The molecule has 0 atom stereocenters. The highest BCUT2D eigenvalue weighted by Crippen LogP contribution is 2.27. The van der Waals surface area contributed by atoms with Crippen molar-refractivity contribution in [3.63, 3.8) is 0 Å². The zero-order chi connectivity index (χ0) is 15.5. The fourth-order valence-electron chi connectivity index (χ4n) is 2.50. The van der Waals surface area contributed by atoms with Gasteiger partial charge in [0.2, 0.25) is 0 Å². The molecule has 2 amide bonds. The van der Waals surface area contributed by atoms with E-state index in [4.69, 9.17) is 4.52 Å². The van der Waals surface area contributed by atoms with Crippen molar-refractivity contribution in [1.82, 2.24) is 10.1 Å². The fourth-order valence-corrected chi connectivity index (χ4v) is 2.50. The summed E-state index contributed by atoms with van der Waals surface area (Å²) < 4.78 is 18.2. The maximum Gasteiger partial charge on any atom is 0.322 e. The first kappa shape index (κ1) is 14.6. The normalized spacial score (nSPS) is 14.5. The van der Waals surface area contributed by atoms with Crippen LogP contribution in [0.5, 0.6) is 0 Å². The molecule has 0 bridgehead atoms. The Morgan fingerprint density at radius 3 is 2.91 bits per heavy atom. The zero-order valence-corrected chi connectivity index (χ0v) is 12.4. The molecular weight excluding hydrogens is 285 g/mol. The second-order valence-electron chi connectivity index (χ2n) is 5.59. The first-order valence-electron chi connectivity index (χ1n) is 7.36. The second-order valence-corrected chi connectivity index (χ2v) is 5.59. The van der Waals surface area contributed by atoms with E-state index in [0.29, 0.717) is 17.9 Å². The Labute approximate surface area is 128 Å². The summed E-state index contributed by atoms with van der Waals surface area (Å²) in [6.07, 6.45) is 4.48. The second kappa shape index (κ2) is 6.17. The van der Waals surface area contributed by atoms with Crippen LogP contribution in [-0.2, 0) is 6.54 Å². The number of hydrogen-bond acceptors (Lipinski definition) is 3. The van der Waals surface area contributed by atoms with Crippen molar-refractivity contribution in [2.75, 3.05) is 5.32 Å². The SMILES string of the molecule is Cc1nocc1NC(=O)N(Cc1cccc(F)c1)C1CCC1. The van der Waals surface area contributed by atoms with Gasteiger partial charge in [-0.15, -0.1) is 0 Å². The van der Waals surface area contributed by atoms with Crippen molar-refractivity contribution in [3.05, 3.63) is 47.6 Å². The van der Waals surface area contributed by atoms with Crippen LogP contribution in [0.1, 0.15) is 30.5 Å².